The molecule has 4 heteroatoms. The number of benzene rings is 1. The number of aromatic carboxylic acids is 1. The van der Waals surface area contributed by atoms with Crippen molar-refractivity contribution >= 4 is 18.0 Å². The minimum absolute atomic E-state index is 0.258. The van der Waals surface area contributed by atoms with Gasteiger partial charge in [-0.05, 0) is 37.1 Å². The van der Waals surface area contributed by atoms with Gasteiger partial charge in [0.05, 0.1) is 5.56 Å². The molecule has 0 bridgehead atoms. The van der Waals surface area contributed by atoms with Crippen molar-refractivity contribution in [2.45, 2.75) is 13.8 Å². The number of aryl methyl sites for hydroxylation is 1. The van der Waals surface area contributed by atoms with Gasteiger partial charge in [-0.25, -0.2) is 4.79 Å². The van der Waals surface area contributed by atoms with Crippen molar-refractivity contribution in [1.82, 2.24) is 0 Å². The predicted molar refractivity (Wildman–Crippen MR) is 61.0 cm³/mol. The minimum Gasteiger partial charge on any atom is -0.478 e. The number of nitrogens with two attached hydrogens (primary N) is 1. The molecule has 16 heavy (non-hydrogen) atoms. The maximum Gasteiger partial charge on any atom is 0.335 e. The van der Waals surface area contributed by atoms with Gasteiger partial charge in [-0.2, -0.15) is 0 Å². The van der Waals surface area contributed by atoms with Gasteiger partial charge in [-0.3, -0.25) is 4.79 Å². The topological polar surface area (TPSA) is 80.4 Å². The van der Waals surface area contributed by atoms with Crippen LogP contribution >= 0.6 is 0 Å². The molecule has 0 atom stereocenters. The first-order valence-corrected chi connectivity index (χ1v) is 4.74. The Bertz CT molecular complexity index is 475. The first-order chi connectivity index (χ1) is 7.41. The molecule has 0 aliphatic carbocycles. The van der Waals surface area contributed by atoms with Crippen LogP contribution in [0.1, 0.15) is 28.4 Å². The Morgan fingerprint density at radius 2 is 2.00 bits per heavy atom. The molecule has 0 unspecified atom stereocenters. The maximum atomic E-state index is 10.8. The normalized spacial score (nSPS) is 11.2. The summed E-state index contributed by atoms with van der Waals surface area (Å²) in [5, 5.41) is 8.84. The lowest BCUT2D eigenvalue weighted by molar-refractivity contribution is -0.114. The van der Waals surface area contributed by atoms with Crippen LogP contribution in [-0.4, -0.2) is 17.0 Å². The predicted octanol–water partition coefficient (Wildman–Crippen LogP) is 1.58. The lowest BCUT2D eigenvalue weighted by Crippen LogP contribution is -2.11. The van der Waals surface area contributed by atoms with E-state index in [-0.39, 0.29) is 5.56 Å². The van der Waals surface area contributed by atoms with E-state index in [2.05, 4.69) is 0 Å². The van der Waals surface area contributed by atoms with Crippen molar-refractivity contribution in [1.29, 1.82) is 0 Å². The molecule has 1 aromatic rings. The van der Waals surface area contributed by atoms with E-state index in [1.54, 1.807) is 32.1 Å². The van der Waals surface area contributed by atoms with Gasteiger partial charge in [0.2, 0.25) is 5.91 Å². The van der Waals surface area contributed by atoms with Crippen LogP contribution in [0.5, 0.6) is 0 Å². The van der Waals surface area contributed by atoms with Gasteiger partial charge in [0.1, 0.15) is 0 Å². The molecular weight excluding hydrogens is 206 g/mol. The van der Waals surface area contributed by atoms with Gasteiger partial charge in [0.15, 0.2) is 0 Å². The standard InChI is InChI=1S/C12H13NO3/c1-7-5-9(6-8(2)11(13)14)3-4-10(7)12(15)16/h3-6H,1-2H3,(H2,13,14)(H,15,16). The largest absolute Gasteiger partial charge is 0.478 e. The van der Waals surface area contributed by atoms with Crippen LogP contribution in [0.2, 0.25) is 0 Å². The molecular formula is C12H13NO3. The zero-order valence-corrected chi connectivity index (χ0v) is 9.15. The molecule has 0 aromatic heterocycles. The number of hydrogen-bond acceptors (Lipinski definition) is 2. The number of carboxylic acid groups (broad SMARTS) is 1. The number of carboxylic acids is 1. The second kappa shape index (κ2) is 4.61. The van der Waals surface area contributed by atoms with Gasteiger partial charge in [0, 0.05) is 5.57 Å². The number of hydrogen-bond donors (Lipinski definition) is 2. The van der Waals surface area contributed by atoms with Gasteiger partial charge in [0.25, 0.3) is 0 Å². The Labute approximate surface area is 93.4 Å². The first-order valence-electron chi connectivity index (χ1n) is 4.74. The average molecular weight is 219 g/mol. The number of amides is 1. The van der Waals surface area contributed by atoms with Crippen molar-refractivity contribution in [3.8, 4) is 0 Å². The Kier molecular flexibility index (Phi) is 3.45. The van der Waals surface area contributed by atoms with E-state index >= 15 is 0 Å². The second-order valence-electron chi connectivity index (χ2n) is 3.57. The van der Waals surface area contributed by atoms with Gasteiger partial charge < -0.3 is 10.8 Å². The Balaban J connectivity index is 3.12. The van der Waals surface area contributed by atoms with Crippen molar-refractivity contribution in [3.05, 3.63) is 40.5 Å². The number of carbonyl (C=O) groups excluding carboxylic acids is 1. The smallest absolute Gasteiger partial charge is 0.335 e. The monoisotopic (exact) mass is 219 g/mol. The molecule has 1 aromatic carbocycles. The fourth-order valence-corrected chi connectivity index (χ4v) is 1.34. The summed E-state index contributed by atoms with van der Waals surface area (Å²) in [4.78, 5) is 21.6. The van der Waals surface area contributed by atoms with Crippen LogP contribution < -0.4 is 5.73 Å². The van der Waals surface area contributed by atoms with Crippen LogP contribution in [-0.2, 0) is 4.79 Å². The number of carbonyl (C=O) groups is 2. The van der Waals surface area contributed by atoms with Gasteiger partial charge >= 0.3 is 5.97 Å². The highest BCUT2D eigenvalue weighted by atomic mass is 16.4. The molecule has 4 nitrogen and oxygen atoms in total. The summed E-state index contributed by atoms with van der Waals surface area (Å²) in [7, 11) is 0. The molecule has 1 rings (SSSR count). The van der Waals surface area contributed by atoms with E-state index in [1.165, 1.54) is 6.07 Å². The Morgan fingerprint density at radius 3 is 2.44 bits per heavy atom. The summed E-state index contributed by atoms with van der Waals surface area (Å²) in [6.07, 6.45) is 1.63. The average Bonchev–Trinajstić information content (AvgIpc) is 2.16. The molecule has 0 radical (unpaired) electrons. The highest BCUT2D eigenvalue weighted by Crippen LogP contribution is 2.13. The van der Waals surface area contributed by atoms with E-state index < -0.39 is 11.9 Å². The van der Waals surface area contributed by atoms with Crippen molar-refractivity contribution in [3.63, 3.8) is 0 Å². The molecule has 1 amide bonds. The van der Waals surface area contributed by atoms with E-state index in [4.69, 9.17) is 10.8 Å². The molecule has 0 spiro atoms. The third kappa shape index (κ3) is 2.70. The van der Waals surface area contributed by atoms with Crippen LogP contribution in [0.4, 0.5) is 0 Å². The Hall–Kier alpha value is -2.10. The lowest BCUT2D eigenvalue weighted by atomic mass is 10.0. The molecule has 0 fully saturated rings. The molecule has 3 N–H and O–H groups in total. The van der Waals surface area contributed by atoms with Crippen LogP contribution in [0.25, 0.3) is 6.08 Å². The van der Waals surface area contributed by atoms with Crippen LogP contribution in [0.15, 0.2) is 23.8 Å². The van der Waals surface area contributed by atoms with Gasteiger partial charge in [-0.1, -0.05) is 12.1 Å². The highest BCUT2D eigenvalue weighted by molar-refractivity contribution is 5.96. The van der Waals surface area contributed by atoms with E-state index in [9.17, 15) is 9.59 Å². The first kappa shape index (κ1) is 12.0. The Morgan fingerprint density at radius 1 is 1.38 bits per heavy atom. The molecule has 0 heterocycles. The second-order valence-corrected chi connectivity index (χ2v) is 3.57. The van der Waals surface area contributed by atoms with Crippen molar-refractivity contribution in [2.75, 3.05) is 0 Å². The maximum absolute atomic E-state index is 10.8. The highest BCUT2D eigenvalue weighted by Gasteiger charge is 2.06. The SMILES string of the molecule is CC(=Cc1ccc(C(=O)O)c(C)c1)C(N)=O. The molecule has 0 aliphatic heterocycles. The quantitative estimate of drug-likeness (QED) is 0.757. The minimum atomic E-state index is -0.959. The van der Waals surface area contributed by atoms with E-state index in [0.29, 0.717) is 11.1 Å². The van der Waals surface area contributed by atoms with Crippen molar-refractivity contribution < 1.29 is 14.7 Å². The van der Waals surface area contributed by atoms with E-state index in [1.807, 2.05) is 0 Å². The van der Waals surface area contributed by atoms with Crippen LogP contribution in [0.3, 0.4) is 0 Å². The zero-order valence-electron chi connectivity index (χ0n) is 9.15. The van der Waals surface area contributed by atoms with Crippen molar-refractivity contribution in [2.24, 2.45) is 5.73 Å². The zero-order chi connectivity index (χ0) is 12.3. The van der Waals surface area contributed by atoms with E-state index in [0.717, 1.165) is 5.56 Å². The summed E-state index contributed by atoms with van der Waals surface area (Å²) < 4.78 is 0. The summed E-state index contributed by atoms with van der Waals surface area (Å²) in [5.74, 6) is -1.44. The molecule has 0 saturated carbocycles. The number of primary amides is 1. The summed E-state index contributed by atoms with van der Waals surface area (Å²) in [5.41, 5.74) is 7.20. The summed E-state index contributed by atoms with van der Waals surface area (Å²) >= 11 is 0. The summed E-state index contributed by atoms with van der Waals surface area (Å²) in [6.45, 7) is 3.32. The third-order valence-corrected chi connectivity index (χ3v) is 2.25. The van der Waals surface area contributed by atoms with Crippen LogP contribution in [0, 0.1) is 6.92 Å². The lowest BCUT2D eigenvalue weighted by Gasteiger charge is -2.02. The van der Waals surface area contributed by atoms with Gasteiger partial charge in [-0.15, -0.1) is 0 Å². The molecule has 0 saturated heterocycles. The molecule has 84 valence electrons. The fraction of sp³-hybridized carbons (Fsp3) is 0.167. The molecule has 0 aliphatic rings. The fourth-order valence-electron chi connectivity index (χ4n) is 1.34. The summed E-state index contributed by atoms with van der Waals surface area (Å²) in [6, 6.07) is 4.86. The third-order valence-electron chi connectivity index (χ3n) is 2.25. The number of rotatable bonds is 3.